The number of aromatic nitrogens is 1. The molecule has 5 nitrogen and oxygen atoms in total. The van der Waals surface area contributed by atoms with E-state index in [1.165, 1.54) is 36.8 Å². The van der Waals surface area contributed by atoms with Crippen LogP contribution in [-0.2, 0) is 13.1 Å². The molecule has 1 fully saturated rings. The molecule has 5 heteroatoms. The fourth-order valence-corrected chi connectivity index (χ4v) is 3.40. The quantitative estimate of drug-likeness (QED) is 0.627. The summed E-state index contributed by atoms with van der Waals surface area (Å²) >= 11 is 0. The molecule has 2 N–H and O–H groups in total. The van der Waals surface area contributed by atoms with Gasteiger partial charge in [0.25, 0.3) is 0 Å². The monoisotopic (exact) mass is 365 g/mol. The normalized spacial score (nSPS) is 15.3. The van der Waals surface area contributed by atoms with Gasteiger partial charge in [0.05, 0.1) is 0 Å². The van der Waals surface area contributed by atoms with Crippen LogP contribution in [0.2, 0.25) is 0 Å². The number of aryl methyl sites for hydroxylation is 1. The van der Waals surface area contributed by atoms with Crippen LogP contribution in [0.15, 0.2) is 47.6 Å². The highest BCUT2D eigenvalue weighted by Crippen LogP contribution is 2.17. The Bertz CT molecular complexity index is 731. The van der Waals surface area contributed by atoms with Crippen molar-refractivity contribution in [2.24, 2.45) is 4.99 Å². The van der Waals surface area contributed by atoms with E-state index in [4.69, 9.17) is 0 Å². The topological polar surface area (TPSA) is 52.6 Å². The fourth-order valence-electron chi connectivity index (χ4n) is 3.40. The lowest BCUT2D eigenvalue weighted by atomic mass is 10.1. The summed E-state index contributed by atoms with van der Waals surface area (Å²) < 4.78 is 0. The molecule has 144 valence electrons. The van der Waals surface area contributed by atoms with Gasteiger partial charge >= 0.3 is 0 Å². The minimum Gasteiger partial charge on any atom is -0.357 e. The first-order valence-electron chi connectivity index (χ1n) is 9.95. The van der Waals surface area contributed by atoms with Crippen molar-refractivity contribution >= 4 is 11.8 Å². The zero-order valence-corrected chi connectivity index (χ0v) is 16.5. The van der Waals surface area contributed by atoms with Gasteiger partial charge in [-0.25, -0.2) is 4.98 Å². The maximum atomic E-state index is 4.68. The van der Waals surface area contributed by atoms with Crippen LogP contribution in [0.5, 0.6) is 0 Å². The SMILES string of the molecule is CN=C(NCc1ccc(N2CCCCCC2)nc1)NCc1ccccc1C. The Kier molecular flexibility index (Phi) is 7.08. The molecule has 3 rings (SSSR count). The molecule has 0 atom stereocenters. The van der Waals surface area contributed by atoms with Crippen LogP contribution in [0.3, 0.4) is 0 Å². The summed E-state index contributed by atoms with van der Waals surface area (Å²) in [5.41, 5.74) is 3.73. The van der Waals surface area contributed by atoms with Gasteiger partial charge in [0.1, 0.15) is 5.82 Å². The summed E-state index contributed by atoms with van der Waals surface area (Å²) in [6, 6.07) is 12.7. The van der Waals surface area contributed by atoms with Crippen LogP contribution in [0.25, 0.3) is 0 Å². The molecule has 0 spiro atoms. The first kappa shape index (κ1) is 19.2. The number of pyridine rings is 1. The van der Waals surface area contributed by atoms with Crippen LogP contribution in [0, 0.1) is 6.92 Å². The van der Waals surface area contributed by atoms with E-state index in [2.05, 4.69) is 68.8 Å². The number of hydrogen-bond acceptors (Lipinski definition) is 3. The van der Waals surface area contributed by atoms with Gasteiger partial charge in [-0.1, -0.05) is 43.2 Å². The molecule has 27 heavy (non-hydrogen) atoms. The standard InChI is InChI=1S/C22H31N5/c1-18-9-5-6-10-20(18)17-26-22(23-2)25-16-19-11-12-21(24-15-19)27-13-7-3-4-8-14-27/h5-6,9-12,15H,3-4,7-8,13-14,16-17H2,1-2H3,(H2,23,25,26). The molecule has 1 aliphatic heterocycles. The zero-order valence-electron chi connectivity index (χ0n) is 16.5. The number of hydrogen-bond donors (Lipinski definition) is 2. The second-order valence-corrected chi connectivity index (χ2v) is 7.13. The third-order valence-corrected chi connectivity index (χ3v) is 5.13. The van der Waals surface area contributed by atoms with Crippen molar-refractivity contribution in [1.29, 1.82) is 0 Å². The maximum absolute atomic E-state index is 4.68. The predicted molar refractivity (Wildman–Crippen MR) is 113 cm³/mol. The second-order valence-electron chi connectivity index (χ2n) is 7.13. The molecule has 0 unspecified atom stereocenters. The van der Waals surface area contributed by atoms with Gasteiger partial charge in [-0.05, 0) is 42.5 Å². The molecule has 1 aliphatic rings. The number of benzene rings is 1. The average molecular weight is 366 g/mol. The van der Waals surface area contributed by atoms with Crippen LogP contribution in [-0.4, -0.2) is 31.1 Å². The van der Waals surface area contributed by atoms with E-state index >= 15 is 0 Å². The highest BCUT2D eigenvalue weighted by molar-refractivity contribution is 5.79. The zero-order chi connectivity index (χ0) is 18.9. The summed E-state index contributed by atoms with van der Waals surface area (Å²) in [6.45, 7) is 5.85. The smallest absolute Gasteiger partial charge is 0.191 e. The van der Waals surface area contributed by atoms with Crippen molar-refractivity contribution in [1.82, 2.24) is 15.6 Å². The van der Waals surface area contributed by atoms with E-state index in [0.717, 1.165) is 37.0 Å². The number of nitrogens with zero attached hydrogens (tertiary/aromatic N) is 3. The Morgan fingerprint density at radius 3 is 2.41 bits per heavy atom. The van der Waals surface area contributed by atoms with E-state index in [9.17, 15) is 0 Å². The lowest BCUT2D eigenvalue weighted by molar-refractivity contribution is 0.726. The van der Waals surface area contributed by atoms with E-state index in [1.54, 1.807) is 7.05 Å². The third-order valence-electron chi connectivity index (χ3n) is 5.13. The Labute approximate surface area is 162 Å². The highest BCUT2D eigenvalue weighted by Gasteiger charge is 2.10. The second kappa shape index (κ2) is 9.95. The van der Waals surface area contributed by atoms with Crippen molar-refractivity contribution in [3.05, 3.63) is 59.3 Å². The average Bonchev–Trinajstić information content (AvgIpc) is 2.99. The van der Waals surface area contributed by atoms with Crippen LogP contribution >= 0.6 is 0 Å². The molecule has 0 amide bonds. The van der Waals surface area contributed by atoms with E-state index in [1.807, 2.05) is 6.20 Å². The minimum absolute atomic E-state index is 0.709. The summed E-state index contributed by atoms with van der Waals surface area (Å²) in [4.78, 5) is 11.4. The maximum Gasteiger partial charge on any atom is 0.191 e. The van der Waals surface area contributed by atoms with Crippen molar-refractivity contribution in [2.45, 2.75) is 45.7 Å². The highest BCUT2D eigenvalue weighted by atomic mass is 15.2. The summed E-state index contributed by atoms with van der Waals surface area (Å²) in [7, 11) is 1.80. The number of anilines is 1. The predicted octanol–water partition coefficient (Wildman–Crippen LogP) is 3.64. The Morgan fingerprint density at radius 1 is 1.00 bits per heavy atom. The summed E-state index contributed by atoms with van der Waals surface area (Å²) in [5.74, 6) is 1.90. The van der Waals surface area contributed by atoms with Gasteiger partial charge < -0.3 is 15.5 Å². The van der Waals surface area contributed by atoms with Crippen molar-refractivity contribution in [2.75, 3.05) is 25.0 Å². The van der Waals surface area contributed by atoms with Crippen molar-refractivity contribution < 1.29 is 0 Å². The van der Waals surface area contributed by atoms with Gasteiger partial charge in [-0.2, -0.15) is 0 Å². The van der Waals surface area contributed by atoms with E-state index in [-0.39, 0.29) is 0 Å². The first-order valence-corrected chi connectivity index (χ1v) is 9.95. The molecule has 0 saturated carbocycles. The molecule has 0 bridgehead atoms. The van der Waals surface area contributed by atoms with Gasteiger partial charge in [-0.3, -0.25) is 4.99 Å². The molecule has 1 aromatic carbocycles. The molecule has 0 aliphatic carbocycles. The Morgan fingerprint density at radius 2 is 1.74 bits per heavy atom. The molecular formula is C22H31N5. The van der Waals surface area contributed by atoms with Gasteiger partial charge in [0, 0.05) is 39.4 Å². The van der Waals surface area contributed by atoms with E-state index < -0.39 is 0 Å². The van der Waals surface area contributed by atoms with Gasteiger partial charge in [-0.15, -0.1) is 0 Å². The molecular weight excluding hydrogens is 334 g/mol. The lowest BCUT2D eigenvalue weighted by Gasteiger charge is -2.21. The number of nitrogens with one attached hydrogen (secondary N) is 2. The van der Waals surface area contributed by atoms with Gasteiger partial charge in [0.15, 0.2) is 5.96 Å². The van der Waals surface area contributed by atoms with Crippen molar-refractivity contribution in [3.8, 4) is 0 Å². The van der Waals surface area contributed by atoms with E-state index in [0.29, 0.717) is 6.54 Å². The fraction of sp³-hybridized carbons (Fsp3) is 0.455. The third kappa shape index (κ3) is 5.71. The number of rotatable bonds is 5. The van der Waals surface area contributed by atoms with Crippen molar-refractivity contribution in [3.63, 3.8) is 0 Å². The number of guanidine groups is 1. The first-order chi connectivity index (χ1) is 13.3. The number of aliphatic imine (C=N–C) groups is 1. The van der Waals surface area contributed by atoms with Crippen LogP contribution in [0.4, 0.5) is 5.82 Å². The lowest BCUT2D eigenvalue weighted by Crippen LogP contribution is -2.36. The summed E-state index contributed by atoms with van der Waals surface area (Å²) in [6.07, 6.45) is 7.20. The molecule has 2 heterocycles. The van der Waals surface area contributed by atoms with Crippen LogP contribution < -0.4 is 15.5 Å². The molecule has 1 saturated heterocycles. The largest absolute Gasteiger partial charge is 0.357 e. The summed E-state index contributed by atoms with van der Waals surface area (Å²) in [5, 5.41) is 6.75. The molecule has 0 radical (unpaired) electrons. The van der Waals surface area contributed by atoms with Crippen LogP contribution in [0.1, 0.15) is 42.4 Å². The minimum atomic E-state index is 0.709. The Hall–Kier alpha value is -2.56. The molecule has 2 aromatic rings. The Balaban J connectivity index is 1.50. The molecule has 1 aromatic heterocycles. The van der Waals surface area contributed by atoms with Gasteiger partial charge in [0.2, 0.25) is 0 Å².